The molecule has 0 bridgehead atoms. The van der Waals surface area contributed by atoms with E-state index < -0.39 is 0 Å². The van der Waals surface area contributed by atoms with Gasteiger partial charge in [-0.2, -0.15) is 0 Å². The molecule has 0 spiro atoms. The van der Waals surface area contributed by atoms with E-state index in [0.717, 1.165) is 49.6 Å². The molecule has 0 aliphatic carbocycles. The van der Waals surface area contributed by atoms with Gasteiger partial charge in [0.15, 0.2) is 0 Å². The van der Waals surface area contributed by atoms with Gasteiger partial charge in [-0.05, 0) is 43.3 Å². The van der Waals surface area contributed by atoms with Gasteiger partial charge in [0, 0.05) is 38.3 Å². The van der Waals surface area contributed by atoms with Crippen LogP contribution < -0.4 is 4.74 Å². The maximum absolute atomic E-state index is 12.7. The molecule has 3 aromatic rings. The number of likely N-dealkylation sites (tertiary alicyclic amines) is 1. The Morgan fingerprint density at radius 2 is 1.82 bits per heavy atom. The number of carbonyl (C=O) groups is 1. The van der Waals surface area contributed by atoms with Crippen molar-refractivity contribution in [2.24, 2.45) is 0 Å². The second-order valence-corrected chi connectivity index (χ2v) is 8.91. The molecule has 8 heteroatoms. The summed E-state index contributed by atoms with van der Waals surface area (Å²) in [6, 6.07) is 15.8. The summed E-state index contributed by atoms with van der Waals surface area (Å²) in [5.41, 5.74) is 3.22. The van der Waals surface area contributed by atoms with E-state index in [9.17, 15) is 4.79 Å². The van der Waals surface area contributed by atoms with E-state index in [0.29, 0.717) is 19.0 Å². The highest BCUT2D eigenvalue weighted by Crippen LogP contribution is 2.25. The zero-order chi connectivity index (χ0) is 22.8. The van der Waals surface area contributed by atoms with Crippen LogP contribution in [-0.2, 0) is 6.54 Å². The van der Waals surface area contributed by atoms with Crippen molar-refractivity contribution in [1.29, 1.82) is 0 Å². The van der Waals surface area contributed by atoms with Crippen LogP contribution in [-0.4, -0.2) is 83.2 Å². The maximum atomic E-state index is 12.7. The zero-order valence-electron chi connectivity index (χ0n) is 19.1. The van der Waals surface area contributed by atoms with E-state index in [1.165, 1.54) is 5.56 Å². The Labute approximate surface area is 193 Å². The summed E-state index contributed by atoms with van der Waals surface area (Å²) in [7, 11) is 2.17. The molecule has 0 N–H and O–H groups in total. The number of benzene rings is 2. The van der Waals surface area contributed by atoms with Gasteiger partial charge in [0.05, 0.1) is 13.1 Å². The molecule has 2 aromatic carbocycles. The van der Waals surface area contributed by atoms with Crippen LogP contribution in [0, 0.1) is 6.92 Å². The molecule has 1 amide bonds. The van der Waals surface area contributed by atoms with Crippen LogP contribution in [0.25, 0.3) is 11.5 Å². The Morgan fingerprint density at radius 1 is 1.06 bits per heavy atom. The van der Waals surface area contributed by atoms with Crippen molar-refractivity contribution in [3.63, 3.8) is 0 Å². The summed E-state index contributed by atoms with van der Waals surface area (Å²) in [5.74, 6) is 0.971. The number of hydrogen-bond acceptors (Lipinski definition) is 7. The molecular formula is C25H29N5O3. The third kappa shape index (κ3) is 4.91. The number of piperazine rings is 1. The van der Waals surface area contributed by atoms with E-state index in [1.807, 2.05) is 30.3 Å². The van der Waals surface area contributed by atoms with E-state index in [2.05, 4.69) is 52.2 Å². The molecule has 0 unspecified atom stereocenters. The smallest absolute Gasteiger partial charge is 0.311 e. The quantitative estimate of drug-likeness (QED) is 0.575. The van der Waals surface area contributed by atoms with Crippen LogP contribution in [0.1, 0.15) is 21.8 Å². The predicted octanol–water partition coefficient (Wildman–Crippen LogP) is 2.70. The van der Waals surface area contributed by atoms with Gasteiger partial charge in [-0.1, -0.05) is 30.3 Å². The molecule has 1 aromatic heterocycles. The first-order valence-electron chi connectivity index (χ1n) is 11.4. The van der Waals surface area contributed by atoms with Gasteiger partial charge >= 0.3 is 11.8 Å². The van der Waals surface area contributed by atoms with Crippen LogP contribution in [0.3, 0.4) is 0 Å². The average Bonchev–Trinajstić information content (AvgIpc) is 3.29. The molecule has 2 fully saturated rings. The van der Waals surface area contributed by atoms with Crippen molar-refractivity contribution >= 4 is 5.91 Å². The van der Waals surface area contributed by atoms with Crippen molar-refractivity contribution in [2.45, 2.75) is 19.6 Å². The number of aryl methyl sites for hydroxylation is 1. The van der Waals surface area contributed by atoms with Crippen molar-refractivity contribution in [1.82, 2.24) is 24.9 Å². The lowest BCUT2D eigenvalue weighted by Crippen LogP contribution is -2.56. The summed E-state index contributed by atoms with van der Waals surface area (Å²) in [6.07, 6.45) is -0.0346. The number of amides is 1. The second kappa shape index (κ2) is 9.33. The van der Waals surface area contributed by atoms with Gasteiger partial charge in [0.25, 0.3) is 0 Å². The Balaban J connectivity index is 1.13. The van der Waals surface area contributed by atoms with E-state index in [1.54, 1.807) is 4.90 Å². The van der Waals surface area contributed by atoms with Gasteiger partial charge in [-0.25, -0.2) is 0 Å². The first-order valence-corrected chi connectivity index (χ1v) is 11.4. The number of carbonyl (C=O) groups excluding carboxylic acids is 1. The summed E-state index contributed by atoms with van der Waals surface area (Å²) < 4.78 is 11.7. The van der Waals surface area contributed by atoms with E-state index in [-0.39, 0.29) is 17.9 Å². The molecule has 0 saturated carbocycles. The molecule has 0 atom stereocenters. The summed E-state index contributed by atoms with van der Waals surface area (Å²) in [5, 5.41) is 7.92. The highest BCUT2D eigenvalue weighted by molar-refractivity contribution is 5.90. The molecule has 172 valence electrons. The Morgan fingerprint density at radius 3 is 2.55 bits per heavy atom. The van der Waals surface area contributed by atoms with E-state index >= 15 is 0 Å². The summed E-state index contributed by atoms with van der Waals surface area (Å²) >= 11 is 0. The normalized spacial score (nSPS) is 17.7. The Bertz CT molecular complexity index is 1100. The third-order valence-corrected chi connectivity index (χ3v) is 6.30. The monoisotopic (exact) mass is 447 g/mol. The van der Waals surface area contributed by atoms with Crippen LogP contribution in [0.15, 0.2) is 52.9 Å². The number of ether oxygens (including phenoxy) is 1. The fourth-order valence-corrected chi connectivity index (χ4v) is 4.21. The number of aromatic nitrogens is 2. The Hall–Kier alpha value is -3.23. The SMILES string of the molecule is Cc1cc(CN2CCN(C)CC2)ccc1OC1CN(C(=O)c2nnc(-c3ccccc3)o2)C1. The lowest BCUT2D eigenvalue weighted by Gasteiger charge is -2.38. The first kappa shape index (κ1) is 21.6. The second-order valence-electron chi connectivity index (χ2n) is 8.91. The summed E-state index contributed by atoms with van der Waals surface area (Å²) in [4.78, 5) is 19.2. The predicted molar refractivity (Wildman–Crippen MR) is 124 cm³/mol. The zero-order valence-corrected chi connectivity index (χ0v) is 19.1. The molecule has 2 aliphatic heterocycles. The van der Waals surface area contributed by atoms with Crippen molar-refractivity contribution in [2.75, 3.05) is 46.3 Å². The van der Waals surface area contributed by atoms with Gasteiger partial charge < -0.3 is 19.0 Å². The van der Waals surface area contributed by atoms with Gasteiger partial charge in [0.1, 0.15) is 11.9 Å². The molecule has 3 heterocycles. The highest BCUT2D eigenvalue weighted by atomic mass is 16.5. The minimum atomic E-state index is -0.260. The van der Waals surface area contributed by atoms with Crippen LogP contribution >= 0.6 is 0 Å². The molecule has 2 saturated heterocycles. The molecular weight excluding hydrogens is 418 g/mol. The number of likely N-dealkylation sites (N-methyl/N-ethyl adjacent to an activating group) is 1. The molecule has 5 rings (SSSR count). The van der Waals surface area contributed by atoms with Crippen molar-refractivity contribution in [3.8, 4) is 17.2 Å². The number of rotatable bonds is 6. The van der Waals surface area contributed by atoms with Crippen LogP contribution in [0.4, 0.5) is 0 Å². The van der Waals surface area contributed by atoms with Crippen LogP contribution in [0.5, 0.6) is 5.75 Å². The third-order valence-electron chi connectivity index (χ3n) is 6.30. The molecule has 2 aliphatic rings. The highest BCUT2D eigenvalue weighted by Gasteiger charge is 2.35. The lowest BCUT2D eigenvalue weighted by molar-refractivity contribution is 0.0147. The largest absolute Gasteiger partial charge is 0.486 e. The molecule has 8 nitrogen and oxygen atoms in total. The molecule has 0 radical (unpaired) electrons. The van der Waals surface area contributed by atoms with Crippen LogP contribution in [0.2, 0.25) is 0 Å². The Kier molecular flexibility index (Phi) is 6.11. The molecule has 33 heavy (non-hydrogen) atoms. The standard InChI is InChI=1S/C25H29N5O3/c1-18-14-19(15-29-12-10-28(2)11-13-29)8-9-22(18)32-21-16-30(17-21)25(31)24-27-26-23(33-24)20-6-4-3-5-7-20/h3-9,14,21H,10-13,15-17H2,1-2H3. The minimum absolute atomic E-state index is 0.0109. The van der Waals surface area contributed by atoms with E-state index in [4.69, 9.17) is 9.15 Å². The summed E-state index contributed by atoms with van der Waals surface area (Å²) in [6.45, 7) is 8.50. The maximum Gasteiger partial charge on any atom is 0.311 e. The van der Waals surface area contributed by atoms with Gasteiger partial charge in [-0.15, -0.1) is 10.2 Å². The fraction of sp³-hybridized carbons (Fsp3) is 0.400. The first-order chi connectivity index (χ1) is 16.0. The topological polar surface area (TPSA) is 74.9 Å². The minimum Gasteiger partial charge on any atom is -0.486 e. The van der Waals surface area contributed by atoms with Crippen molar-refractivity contribution in [3.05, 3.63) is 65.5 Å². The number of hydrogen-bond donors (Lipinski definition) is 0. The average molecular weight is 448 g/mol. The van der Waals surface area contributed by atoms with Crippen molar-refractivity contribution < 1.29 is 13.9 Å². The van der Waals surface area contributed by atoms with Gasteiger partial charge in [-0.3, -0.25) is 9.69 Å². The van der Waals surface area contributed by atoms with Gasteiger partial charge in [0.2, 0.25) is 5.89 Å². The fourth-order valence-electron chi connectivity index (χ4n) is 4.21. The lowest BCUT2D eigenvalue weighted by atomic mass is 10.1. The number of nitrogens with zero attached hydrogens (tertiary/aromatic N) is 5.